The van der Waals surface area contributed by atoms with Crippen molar-refractivity contribution in [2.45, 2.75) is 18.0 Å². The number of aldehydes is 1. The molecule has 0 aromatic heterocycles. The van der Waals surface area contributed by atoms with Crippen molar-refractivity contribution in [3.8, 4) is 0 Å². The fraction of sp³-hybridized carbons (Fsp3) is 0.667. The van der Waals surface area contributed by atoms with Crippen molar-refractivity contribution in [2.75, 3.05) is 14.2 Å². The molecule has 0 heterocycles. The minimum absolute atomic E-state index is 0.201. The highest BCUT2D eigenvalue weighted by Crippen LogP contribution is 2.34. The van der Waals surface area contributed by atoms with Crippen molar-refractivity contribution < 1.29 is 24.5 Å². The molecule has 14 heavy (non-hydrogen) atoms. The first-order valence-corrected chi connectivity index (χ1v) is 4.19. The van der Waals surface area contributed by atoms with Gasteiger partial charge >= 0.3 is 0 Å². The molecule has 0 aromatic rings. The molecule has 0 bridgehead atoms. The number of carbonyl (C=O) groups is 1. The average Bonchev–Trinajstić information content (AvgIpc) is 2.16. The standard InChI is InChI=1S/C9H14O5/c1-13-8(14-2)4-3-7(5-10)9(11,12)6-8/h3-5,7,11-12H,6H2,1-2H3. The van der Waals surface area contributed by atoms with E-state index in [1.54, 1.807) is 0 Å². The van der Waals surface area contributed by atoms with Gasteiger partial charge in [0, 0.05) is 14.2 Å². The van der Waals surface area contributed by atoms with Gasteiger partial charge in [0.15, 0.2) is 11.6 Å². The fourth-order valence-corrected chi connectivity index (χ4v) is 1.46. The molecule has 0 aliphatic heterocycles. The summed E-state index contributed by atoms with van der Waals surface area (Å²) in [6, 6.07) is 0. The van der Waals surface area contributed by atoms with Gasteiger partial charge in [0.2, 0.25) is 0 Å². The van der Waals surface area contributed by atoms with Crippen LogP contribution in [0.5, 0.6) is 0 Å². The zero-order valence-corrected chi connectivity index (χ0v) is 8.14. The molecule has 0 radical (unpaired) electrons. The van der Waals surface area contributed by atoms with Crippen molar-refractivity contribution in [3.63, 3.8) is 0 Å². The first-order valence-electron chi connectivity index (χ1n) is 4.19. The van der Waals surface area contributed by atoms with Gasteiger partial charge in [-0.05, 0) is 6.08 Å². The molecule has 0 saturated heterocycles. The van der Waals surface area contributed by atoms with Gasteiger partial charge in [-0.25, -0.2) is 0 Å². The molecule has 5 nitrogen and oxygen atoms in total. The summed E-state index contributed by atoms with van der Waals surface area (Å²) < 4.78 is 10.0. The van der Waals surface area contributed by atoms with Gasteiger partial charge in [-0.3, -0.25) is 0 Å². The van der Waals surface area contributed by atoms with Crippen molar-refractivity contribution in [2.24, 2.45) is 5.92 Å². The molecule has 1 unspecified atom stereocenters. The number of ether oxygens (including phenoxy) is 2. The number of rotatable bonds is 3. The van der Waals surface area contributed by atoms with Crippen LogP contribution in [0.3, 0.4) is 0 Å². The third kappa shape index (κ3) is 1.85. The van der Waals surface area contributed by atoms with E-state index in [1.807, 2.05) is 0 Å². The van der Waals surface area contributed by atoms with Crippen LogP contribution in [0.4, 0.5) is 0 Å². The minimum atomic E-state index is -2.12. The lowest BCUT2D eigenvalue weighted by Gasteiger charge is -2.39. The Morgan fingerprint density at radius 2 is 2.00 bits per heavy atom. The number of carbonyl (C=O) groups excluding carboxylic acids is 1. The summed E-state index contributed by atoms with van der Waals surface area (Å²) >= 11 is 0. The second kappa shape index (κ2) is 3.78. The molecule has 1 aliphatic carbocycles. The fourth-order valence-electron chi connectivity index (χ4n) is 1.46. The molecular weight excluding hydrogens is 188 g/mol. The van der Waals surface area contributed by atoms with Crippen molar-refractivity contribution in [1.29, 1.82) is 0 Å². The van der Waals surface area contributed by atoms with Crippen LogP contribution in [0.2, 0.25) is 0 Å². The Morgan fingerprint density at radius 3 is 2.36 bits per heavy atom. The van der Waals surface area contributed by atoms with E-state index < -0.39 is 17.5 Å². The molecular formula is C9H14O5. The van der Waals surface area contributed by atoms with Crippen LogP contribution in [-0.4, -0.2) is 42.3 Å². The summed E-state index contributed by atoms with van der Waals surface area (Å²) in [6.45, 7) is 0. The Labute approximate surface area is 81.9 Å². The van der Waals surface area contributed by atoms with Crippen LogP contribution >= 0.6 is 0 Å². The van der Waals surface area contributed by atoms with Crippen LogP contribution in [0.15, 0.2) is 12.2 Å². The molecule has 0 aromatic carbocycles. The second-order valence-corrected chi connectivity index (χ2v) is 3.30. The normalized spacial score (nSPS) is 28.7. The van der Waals surface area contributed by atoms with Crippen LogP contribution in [0.25, 0.3) is 0 Å². The average molecular weight is 202 g/mol. The first-order chi connectivity index (χ1) is 6.49. The smallest absolute Gasteiger partial charge is 0.192 e. The van der Waals surface area contributed by atoms with Gasteiger partial charge in [0.25, 0.3) is 0 Å². The zero-order chi connectivity index (χ0) is 10.8. The molecule has 0 spiro atoms. The van der Waals surface area contributed by atoms with Crippen LogP contribution in [-0.2, 0) is 14.3 Å². The lowest BCUT2D eigenvalue weighted by molar-refractivity contribution is -0.270. The monoisotopic (exact) mass is 202 g/mol. The molecule has 1 rings (SSSR count). The highest BCUT2D eigenvalue weighted by atomic mass is 16.7. The second-order valence-electron chi connectivity index (χ2n) is 3.30. The van der Waals surface area contributed by atoms with Gasteiger partial charge in [-0.2, -0.15) is 0 Å². The van der Waals surface area contributed by atoms with Crippen LogP contribution in [0, 0.1) is 5.92 Å². The maximum absolute atomic E-state index is 10.5. The largest absolute Gasteiger partial charge is 0.365 e. The van der Waals surface area contributed by atoms with Crippen molar-refractivity contribution in [1.82, 2.24) is 0 Å². The van der Waals surface area contributed by atoms with Gasteiger partial charge < -0.3 is 24.5 Å². The molecule has 2 N–H and O–H groups in total. The minimum Gasteiger partial charge on any atom is -0.365 e. The van der Waals surface area contributed by atoms with E-state index >= 15 is 0 Å². The quantitative estimate of drug-likeness (QED) is 0.364. The zero-order valence-electron chi connectivity index (χ0n) is 8.14. The predicted octanol–water partition coefficient (Wildman–Crippen LogP) is -0.569. The summed E-state index contributed by atoms with van der Waals surface area (Å²) in [5.74, 6) is -4.23. The van der Waals surface area contributed by atoms with Gasteiger partial charge in [-0.1, -0.05) is 6.08 Å². The Balaban J connectivity index is 2.96. The van der Waals surface area contributed by atoms with E-state index in [1.165, 1.54) is 26.4 Å². The van der Waals surface area contributed by atoms with Crippen molar-refractivity contribution in [3.05, 3.63) is 12.2 Å². The molecule has 5 heteroatoms. The van der Waals surface area contributed by atoms with E-state index in [2.05, 4.69) is 0 Å². The van der Waals surface area contributed by atoms with E-state index in [9.17, 15) is 15.0 Å². The maximum atomic E-state index is 10.5. The van der Waals surface area contributed by atoms with Gasteiger partial charge in [0.05, 0.1) is 12.3 Å². The Kier molecular flexibility index (Phi) is 3.06. The lowest BCUT2D eigenvalue weighted by Crippen LogP contribution is -2.50. The lowest BCUT2D eigenvalue weighted by atomic mass is 9.86. The third-order valence-corrected chi connectivity index (χ3v) is 2.44. The summed E-state index contributed by atoms with van der Waals surface area (Å²) in [6.07, 6.45) is 3.15. The maximum Gasteiger partial charge on any atom is 0.192 e. The number of aliphatic hydroxyl groups is 2. The highest BCUT2D eigenvalue weighted by molar-refractivity contribution is 5.59. The van der Waals surface area contributed by atoms with Crippen LogP contribution < -0.4 is 0 Å². The number of methoxy groups -OCH3 is 2. The summed E-state index contributed by atoms with van der Waals surface area (Å²) in [7, 11) is 2.79. The van der Waals surface area contributed by atoms with E-state index in [0.29, 0.717) is 6.29 Å². The predicted molar refractivity (Wildman–Crippen MR) is 47.2 cm³/mol. The number of hydrogen-bond donors (Lipinski definition) is 2. The van der Waals surface area contributed by atoms with Crippen LogP contribution in [0.1, 0.15) is 6.42 Å². The summed E-state index contributed by atoms with van der Waals surface area (Å²) in [5.41, 5.74) is 0. The van der Waals surface area contributed by atoms with E-state index in [0.717, 1.165) is 0 Å². The third-order valence-electron chi connectivity index (χ3n) is 2.44. The summed E-state index contributed by atoms with van der Waals surface area (Å²) in [5, 5.41) is 19.1. The Morgan fingerprint density at radius 1 is 1.43 bits per heavy atom. The Bertz CT molecular complexity index is 242. The highest BCUT2D eigenvalue weighted by Gasteiger charge is 2.46. The molecule has 0 fully saturated rings. The van der Waals surface area contributed by atoms with E-state index in [-0.39, 0.29) is 6.42 Å². The topological polar surface area (TPSA) is 76.0 Å². The molecule has 80 valence electrons. The Hall–Kier alpha value is -0.750. The first kappa shape index (κ1) is 11.3. The molecule has 1 aliphatic rings. The SMILES string of the molecule is COC1(OC)C=CC(C=O)C(O)(O)C1. The molecule has 0 amide bonds. The van der Waals surface area contributed by atoms with Crippen molar-refractivity contribution >= 4 is 6.29 Å². The van der Waals surface area contributed by atoms with Gasteiger partial charge in [0.1, 0.15) is 6.29 Å². The molecule has 1 atom stereocenters. The molecule has 0 saturated carbocycles. The van der Waals surface area contributed by atoms with Gasteiger partial charge in [-0.15, -0.1) is 0 Å². The summed E-state index contributed by atoms with van der Waals surface area (Å²) in [4.78, 5) is 10.5. The number of hydrogen-bond acceptors (Lipinski definition) is 5. The van der Waals surface area contributed by atoms with E-state index in [4.69, 9.17) is 9.47 Å².